The predicted octanol–water partition coefficient (Wildman–Crippen LogP) is 2.38. The first kappa shape index (κ1) is 16.7. The monoisotopic (exact) mass is 341 g/mol. The van der Waals surface area contributed by atoms with Gasteiger partial charge < -0.3 is 0 Å². The number of hydrogen-bond donors (Lipinski definition) is 0. The Labute approximate surface area is 142 Å². The summed E-state index contributed by atoms with van der Waals surface area (Å²) in [7, 11) is 0. The van der Waals surface area contributed by atoms with Crippen LogP contribution in [0, 0.1) is 4.91 Å². The lowest BCUT2D eigenvalue weighted by Gasteiger charge is -2.26. The van der Waals surface area contributed by atoms with E-state index in [0.29, 0.717) is 28.5 Å². The molecule has 0 bridgehead atoms. The molecular weight excluding hydrogens is 326 g/mol. The minimum absolute atomic E-state index is 0.0338. The molecule has 2 heterocycles. The van der Waals surface area contributed by atoms with E-state index >= 15 is 0 Å². The topological polar surface area (TPSA) is 108 Å². The van der Waals surface area contributed by atoms with E-state index in [2.05, 4.69) is 15.2 Å². The van der Waals surface area contributed by atoms with Crippen LogP contribution in [-0.4, -0.2) is 21.4 Å². The summed E-state index contributed by atoms with van der Waals surface area (Å²) in [4.78, 5) is 54.4. The lowest BCUT2D eigenvalue weighted by Crippen LogP contribution is -2.34. The van der Waals surface area contributed by atoms with Gasteiger partial charge in [-0.15, -0.1) is 4.91 Å². The van der Waals surface area contributed by atoms with Crippen molar-refractivity contribution in [3.05, 3.63) is 68.2 Å². The fourth-order valence-electron chi connectivity index (χ4n) is 3.34. The second-order valence-electron chi connectivity index (χ2n) is 5.89. The van der Waals surface area contributed by atoms with E-state index in [9.17, 15) is 19.3 Å². The van der Waals surface area contributed by atoms with Crippen molar-refractivity contribution in [2.24, 2.45) is 5.34 Å². The molecule has 8 nitrogen and oxygen atoms in total. The highest BCUT2D eigenvalue weighted by Gasteiger charge is 2.28. The number of pyridine rings is 2. The van der Waals surface area contributed by atoms with Crippen molar-refractivity contribution < 1.29 is 14.4 Å². The van der Waals surface area contributed by atoms with Crippen molar-refractivity contribution >= 4 is 11.9 Å². The standard InChI is InChI=1S/C17H15N3O5/c1-10(21)15-14-3-2-12(11-4-6-18-7-5-11)8-13(14)9-20(16(15)22)17(23)25-19-24/h4-7,9,12H,2-3,8H2,1H3. The molecule has 0 N–H and O–H groups in total. The summed E-state index contributed by atoms with van der Waals surface area (Å²) in [5, 5.41) is 2.05. The number of Topliss-reactive ketones (excluding diaryl/α,β-unsaturated/α-hetero) is 1. The van der Waals surface area contributed by atoms with Crippen molar-refractivity contribution in [2.75, 3.05) is 0 Å². The number of ketones is 1. The quantitative estimate of drug-likeness (QED) is 0.482. The molecule has 0 saturated heterocycles. The maximum Gasteiger partial charge on any atom is 0.449 e. The molecule has 25 heavy (non-hydrogen) atoms. The van der Waals surface area contributed by atoms with E-state index in [1.54, 1.807) is 12.4 Å². The molecule has 1 aliphatic rings. The Balaban J connectivity index is 2.09. The third-order valence-electron chi connectivity index (χ3n) is 4.46. The Kier molecular flexibility index (Phi) is 4.51. The highest BCUT2D eigenvalue weighted by Crippen LogP contribution is 2.33. The summed E-state index contributed by atoms with van der Waals surface area (Å²) in [5.74, 6) is -0.244. The van der Waals surface area contributed by atoms with Crippen molar-refractivity contribution in [2.45, 2.75) is 32.1 Å². The van der Waals surface area contributed by atoms with E-state index < -0.39 is 17.4 Å². The maximum absolute atomic E-state index is 12.4. The van der Waals surface area contributed by atoms with Crippen molar-refractivity contribution in [1.29, 1.82) is 0 Å². The largest absolute Gasteiger partial charge is 0.449 e. The smallest absolute Gasteiger partial charge is 0.294 e. The molecule has 1 unspecified atom stereocenters. The molecule has 2 aromatic rings. The summed E-state index contributed by atoms with van der Waals surface area (Å²) in [6.07, 6.45) is 5.42. The fraction of sp³-hybridized carbons (Fsp3) is 0.294. The van der Waals surface area contributed by atoms with E-state index in [1.807, 2.05) is 12.1 Å². The second-order valence-corrected chi connectivity index (χ2v) is 5.89. The second kappa shape index (κ2) is 6.76. The third-order valence-corrected chi connectivity index (χ3v) is 4.46. The zero-order valence-corrected chi connectivity index (χ0v) is 13.5. The number of fused-ring (bicyclic) bond motifs is 1. The molecule has 0 amide bonds. The molecule has 8 heteroatoms. The Morgan fingerprint density at radius 3 is 2.68 bits per heavy atom. The molecule has 128 valence electrons. The van der Waals surface area contributed by atoms with Crippen LogP contribution in [0.4, 0.5) is 4.79 Å². The van der Waals surface area contributed by atoms with Crippen LogP contribution in [0.3, 0.4) is 0 Å². The lowest BCUT2D eigenvalue weighted by atomic mass is 9.79. The highest BCUT2D eigenvalue weighted by atomic mass is 16.8. The SMILES string of the molecule is CC(=O)c1c2c(cn(C(=O)ON=O)c1=O)CC(c1ccncc1)CC2. The van der Waals surface area contributed by atoms with Gasteiger partial charge >= 0.3 is 6.09 Å². The number of rotatable bonds is 3. The van der Waals surface area contributed by atoms with Gasteiger partial charge in [0.1, 0.15) is 0 Å². The molecule has 1 atom stereocenters. The minimum atomic E-state index is -1.23. The Hall–Kier alpha value is -3.16. The van der Waals surface area contributed by atoms with Gasteiger partial charge in [-0.2, -0.15) is 0 Å². The molecule has 0 spiro atoms. The lowest BCUT2D eigenvalue weighted by molar-refractivity contribution is 0.101. The van der Waals surface area contributed by atoms with Crippen LogP contribution in [0.25, 0.3) is 0 Å². The number of carbonyl (C=O) groups is 2. The van der Waals surface area contributed by atoms with Gasteiger partial charge in [-0.1, -0.05) is 0 Å². The van der Waals surface area contributed by atoms with Crippen molar-refractivity contribution in [3.8, 4) is 0 Å². The third kappa shape index (κ3) is 3.10. The van der Waals surface area contributed by atoms with Crippen LogP contribution < -0.4 is 5.56 Å². The Morgan fingerprint density at radius 1 is 1.32 bits per heavy atom. The molecule has 0 radical (unpaired) electrons. The van der Waals surface area contributed by atoms with E-state index in [-0.39, 0.29) is 11.5 Å². The predicted molar refractivity (Wildman–Crippen MR) is 87.4 cm³/mol. The van der Waals surface area contributed by atoms with Gasteiger partial charge in [0, 0.05) is 18.6 Å². The molecule has 3 rings (SSSR count). The zero-order valence-electron chi connectivity index (χ0n) is 13.5. The zero-order chi connectivity index (χ0) is 18.0. The molecule has 0 saturated carbocycles. The summed E-state index contributed by atoms with van der Waals surface area (Å²) < 4.78 is 0.631. The molecule has 0 fully saturated rings. The average molecular weight is 341 g/mol. The van der Waals surface area contributed by atoms with E-state index in [1.165, 1.54) is 13.1 Å². The maximum atomic E-state index is 12.4. The number of aromatic nitrogens is 2. The van der Waals surface area contributed by atoms with Crippen LogP contribution in [0.2, 0.25) is 0 Å². The summed E-state index contributed by atoms with van der Waals surface area (Å²) in [5.41, 5.74) is 1.64. The average Bonchev–Trinajstić information content (AvgIpc) is 2.61. The Morgan fingerprint density at radius 2 is 2.04 bits per heavy atom. The van der Waals surface area contributed by atoms with Crippen LogP contribution >= 0.6 is 0 Å². The first-order valence-electron chi connectivity index (χ1n) is 7.75. The first-order valence-corrected chi connectivity index (χ1v) is 7.75. The molecule has 2 aromatic heterocycles. The fourth-order valence-corrected chi connectivity index (χ4v) is 3.34. The molecule has 1 aliphatic carbocycles. The van der Waals surface area contributed by atoms with Gasteiger partial charge in [0.05, 0.1) is 5.56 Å². The van der Waals surface area contributed by atoms with Crippen LogP contribution in [0.5, 0.6) is 0 Å². The van der Waals surface area contributed by atoms with Crippen molar-refractivity contribution in [1.82, 2.24) is 9.55 Å². The van der Waals surface area contributed by atoms with Gasteiger partial charge in [0.25, 0.3) is 5.56 Å². The number of carbonyl (C=O) groups excluding carboxylic acids is 2. The molecule has 0 aliphatic heterocycles. The first-order chi connectivity index (χ1) is 12.0. The van der Waals surface area contributed by atoms with Gasteiger partial charge in [-0.05, 0) is 60.9 Å². The van der Waals surface area contributed by atoms with Gasteiger partial charge in [-0.3, -0.25) is 19.4 Å². The van der Waals surface area contributed by atoms with Gasteiger partial charge in [0.15, 0.2) is 11.1 Å². The van der Waals surface area contributed by atoms with Crippen LogP contribution in [-0.2, 0) is 17.7 Å². The van der Waals surface area contributed by atoms with E-state index in [4.69, 9.17) is 0 Å². The van der Waals surface area contributed by atoms with E-state index in [0.717, 1.165) is 12.0 Å². The van der Waals surface area contributed by atoms with Crippen molar-refractivity contribution in [3.63, 3.8) is 0 Å². The number of hydrogen-bond acceptors (Lipinski definition) is 7. The normalized spacial score (nSPS) is 16.0. The summed E-state index contributed by atoms with van der Waals surface area (Å²) in [6, 6.07) is 3.84. The summed E-state index contributed by atoms with van der Waals surface area (Å²) >= 11 is 0. The number of nitrogens with zero attached hydrogens (tertiary/aromatic N) is 3. The van der Waals surface area contributed by atoms with Crippen LogP contribution in [0.15, 0.2) is 40.9 Å². The van der Waals surface area contributed by atoms with Gasteiger partial charge in [-0.25, -0.2) is 9.36 Å². The minimum Gasteiger partial charge on any atom is -0.294 e. The molecule has 0 aromatic carbocycles. The van der Waals surface area contributed by atoms with Crippen LogP contribution in [0.1, 0.15) is 46.3 Å². The summed E-state index contributed by atoms with van der Waals surface area (Å²) in [6.45, 7) is 1.28. The molecular formula is C17H15N3O5. The highest BCUT2D eigenvalue weighted by molar-refractivity contribution is 5.96. The van der Waals surface area contributed by atoms with Gasteiger partial charge in [0.2, 0.25) is 0 Å². The Bertz CT molecular complexity index is 904.